The zero-order valence-corrected chi connectivity index (χ0v) is 12.7. The first-order chi connectivity index (χ1) is 11.1. The molecular formula is C15H16N6O2. The lowest BCUT2D eigenvalue weighted by Crippen LogP contribution is -2.33. The lowest BCUT2D eigenvalue weighted by atomic mass is 10.2. The Kier molecular flexibility index (Phi) is 4.05. The highest BCUT2D eigenvalue weighted by Crippen LogP contribution is 2.20. The van der Waals surface area contributed by atoms with E-state index >= 15 is 0 Å². The molecular weight excluding hydrogens is 296 g/mol. The van der Waals surface area contributed by atoms with E-state index < -0.39 is 0 Å². The number of aromatic nitrogens is 4. The molecule has 0 fully saturated rings. The molecule has 3 heterocycles. The summed E-state index contributed by atoms with van der Waals surface area (Å²) in [6, 6.07) is 4.90. The van der Waals surface area contributed by atoms with Crippen LogP contribution in [0.3, 0.4) is 0 Å². The molecule has 3 aromatic rings. The first-order valence-electron chi connectivity index (χ1n) is 7.04. The quantitative estimate of drug-likeness (QED) is 0.799. The summed E-state index contributed by atoms with van der Waals surface area (Å²) >= 11 is 0. The van der Waals surface area contributed by atoms with Crippen molar-refractivity contribution in [2.45, 2.75) is 13.0 Å². The number of rotatable bonds is 4. The van der Waals surface area contributed by atoms with Crippen molar-refractivity contribution in [1.29, 1.82) is 0 Å². The molecule has 2 amide bonds. The average Bonchev–Trinajstić information content (AvgIpc) is 3.26. The largest absolute Gasteiger partial charge is 0.467 e. The van der Waals surface area contributed by atoms with Gasteiger partial charge in [-0.05, 0) is 25.1 Å². The molecule has 0 saturated carbocycles. The maximum atomic E-state index is 12.3. The topological polar surface area (TPSA) is 89.1 Å². The van der Waals surface area contributed by atoms with Crippen LogP contribution in [0.1, 0.15) is 18.7 Å². The Morgan fingerprint density at radius 3 is 2.83 bits per heavy atom. The summed E-state index contributed by atoms with van der Waals surface area (Å²) in [6.07, 6.45) is 8.03. The predicted molar refractivity (Wildman–Crippen MR) is 83.1 cm³/mol. The van der Waals surface area contributed by atoms with Gasteiger partial charge in [0.1, 0.15) is 5.76 Å². The van der Waals surface area contributed by atoms with Crippen LogP contribution in [0.15, 0.2) is 53.7 Å². The van der Waals surface area contributed by atoms with Gasteiger partial charge in [-0.2, -0.15) is 5.10 Å². The van der Waals surface area contributed by atoms with Crippen LogP contribution in [0.4, 0.5) is 10.5 Å². The van der Waals surface area contributed by atoms with Gasteiger partial charge in [-0.1, -0.05) is 0 Å². The van der Waals surface area contributed by atoms with Gasteiger partial charge in [-0.25, -0.2) is 19.4 Å². The van der Waals surface area contributed by atoms with Gasteiger partial charge in [0.25, 0.3) is 0 Å². The highest BCUT2D eigenvalue weighted by Gasteiger charge is 2.20. The Balaban J connectivity index is 1.67. The third-order valence-electron chi connectivity index (χ3n) is 3.45. The number of carbonyl (C=O) groups is 1. The van der Waals surface area contributed by atoms with Crippen molar-refractivity contribution in [2.24, 2.45) is 0 Å². The SMILES string of the molecule is C[C@@H](c1ccco1)N(C)C(=O)Nc1cnn(-c2ncccn2)c1. The van der Waals surface area contributed by atoms with Crippen LogP contribution in [0.2, 0.25) is 0 Å². The zero-order chi connectivity index (χ0) is 16.2. The molecule has 0 aromatic carbocycles. The molecule has 0 spiro atoms. The van der Waals surface area contributed by atoms with Gasteiger partial charge in [-0.3, -0.25) is 0 Å². The standard InChI is InChI=1S/C15H16N6O2/c1-11(13-5-3-8-23-13)20(2)15(22)19-12-9-18-21(10-12)14-16-6-4-7-17-14/h3-11H,1-2H3,(H,19,22)/t11-/m0/s1. The lowest BCUT2D eigenvalue weighted by molar-refractivity contribution is 0.201. The van der Waals surface area contributed by atoms with E-state index in [9.17, 15) is 4.79 Å². The molecule has 23 heavy (non-hydrogen) atoms. The first kappa shape index (κ1) is 14.8. The van der Waals surface area contributed by atoms with E-state index in [0.29, 0.717) is 11.6 Å². The summed E-state index contributed by atoms with van der Waals surface area (Å²) in [5.41, 5.74) is 0.556. The average molecular weight is 312 g/mol. The van der Waals surface area contributed by atoms with E-state index in [-0.39, 0.29) is 12.1 Å². The van der Waals surface area contributed by atoms with E-state index in [4.69, 9.17) is 4.42 Å². The fraction of sp³-hybridized carbons (Fsp3) is 0.200. The highest BCUT2D eigenvalue weighted by atomic mass is 16.3. The van der Waals surface area contributed by atoms with Crippen LogP contribution in [-0.2, 0) is 0 Å². The van der Waals surface area contributed by atoms with Gasteiger partial charge in [-0.15, -0.1) is 0 Å². The molecule has 0 radical (unpaired) electrons. The van der Waals surface area contributed by atoms with Crippen molar-refractivity contribution >= 4 is 11.7 Å². The van der Waals surface area contributed by atoms with E-state index in [1.807, 2.05) is 13.0 Å². The minimum absolute atomic E-state index is 0.183. The van der Waals surface area contributed by atoms with Crippen LogP contribution in [0.25, 0.3) is 5.95 Å². The van der Waals surface area contributed by atoms with Crippen molar-refractivity contribution in [3.05, 3.63) is 55.0 Å². The Hall–Kier alpha value is -3.16. The van der Waals surface area contributed by atoms with Crippen molar-refractivity contribution in [2.75, 3.05) is 12.4 Å². The zero-order valence-electron chi connectivity index (χ0n) is 12.7. The molecule has 8 heteroatoms. The molecule has 118 valence electrons. The number of hydrogen-bond acceptors (Lipinski definition) is 5. The minimum atomic E-state index is -0.262. The Morgan fingerprint density at radius 2 is 2.13 bits per heavy atom. The maximum absolute atomic E-state index is 12.3. The molecule has 0 aliphatic carbocycles. The summed E-state index contributed by atoms with van der Waals surface area (Å²) in [6.45, 7) is 1.89. The van der Waals surface area contributed by atoms with E-state index in [0.717, 1.165) is 5.76 Å². The van der Waals surface area contributed by atoms with Crippen LogP contribution in [0, 0.1) is 0 Å². The number of anilines is 1. The second-order valence-electron chi connectivity index (χ2n) is 4.95. The molecule has 1 N–H and O–H groups in total. The lowest BCUT2D eigenvalue weighted by Gasteiger charge is -2.23. The van der Waals surface area contributed by atoms with Crippen LogP contribution in [0.5, 0.6) is 0 Å². The Labute approximate surface area is 132 Å². The first-order valence-corrected chi connectivity index (χ1v) is 7.04. The van der Waals surface area contributed by atoms with Crippen molar-refractivity contribution in [3.63, 3.8) is 0 Å². The molecule has 0 aliphatic heterocycles. The van der Waals surface area contributed by atoms with Crippen molar-refractivity contribution < 1.29 is 9.21 Å². The molecule has 0 aliphatic rings. The minimum Gasteiger partial charge on any atom is -0.467 e. The fourth-order valence-electron chi connectivity index (χ4n) is 2.01. The number of amides is 2. The van der Waals surface area contributed by atoms with Gasteiger partial charge in [0, 0.05) is 19.4 Å². The summed E-state index contributed by atoms with van der Waals surface area (Å²) in [7, 11) is 1.70. The van der Waals surface area contributed by atoms with Crippen LogP contribution in [-0.4, -0.2) is 37.7 Å². The van der Waals surface area contributed by atoms with E-state index in [1.165, 1.54) is 4.68 Å². The summed E-state index contributed by atoms with van der Waals surface area (Å²) in [4.78, 5) is 22.0. The van der Waals surface area contributed by atoms with Gasteiger partial charge in [0.2, 0.25) is 5.95 Å². The smallest absolute Gasteiger partial charge is 0.322 e. The fourth-order valence-corrected chi connectivity index (χ4v) is 2.01. The molecule has 3 rings (SSSR count). The molecule has 0 bridgehead atoms. The number of nitrogens with zero attached hydrogens (tertiary/aromatic N) is 5. The summed E-state index contributed by atoms with van der Waals surface area (Å²) in [5.74, 6) is 1.15. The van der Waals surface area contributed by atoms with E-state index in [2.05, 4.69) is 20.4 Å². The number of hydrogen-bond donors (Lipinski definition) is 1. The second kappa shape index (κ2) is 6.30. The van der Waals surface area contributed by atoms with Gasteiger partial charge >= 0.3 is 6.03 Å². The van der Waals surface area contributed by atoms with Gasteiger partial charge in [0.05, 0.1) is 30.4 Å². The monoisotopic (exact) mass is 312 g/mol. The second-order valence-corrected chi connectivity index (χ2v) is 4.95. The van der Waals surface area contributed by atoms with Gasteiger partial charge in [0.15, 0.2) is 0 Å². The Bertz CT molecular complexity index is 768. The normalized spacial score (nSPS) is 11.9. The van der Waals surface area contributed by atoms with Gasteiger partial charge < -0.3 is 14.6 Å². The third-order valence-corrected chi connectivity index (χ3v) is 3.45. The van der Waals surface area contributed by atoms with Crippen molar-refractivity contribution in [1.82, 2.24) is 24.6 Å². The number of carbonyl (C=O) groups excluding carboxylic acids is 1. The number of furan rings is 1. The highest BCUT2D eigenvalue weighted by molar-refractivity contribution is 5.89. The molecule has 0 saturated heterocycles. The molecule has 3 aromatic heterocycles. The van der Waals surface area contributed by atoms with Crippen LogP contribution < -0.4 is 5.32 Å². The van der Waals surface area contributed by atoms with E-state index in [1.54, 1.807) is 55.1 Å². The molecule has 0 unspecified atom stereocenters. The Morgan fingerprint density at radius 1 is 1.35 bits per heavy atom. The number of urea groups is 1. The third kappa shape index (κ3) is 3.20. The molecule has 8 nitrogen and oxygen atoms in total. The maximum Gasteiger partial charge on any atom is 0.322 e. The molecule has 1 atom stereocenters. The van der Waals surface area contributed by atoms with Crippen LogP contribution >= 0.6 is 0 Å². The van der Waals surface area contributed by atoms with Crippen molar-refractivity contribution in [3.8, 4) is 5.95 Å². The predicted octanol–water partition coefficient (Wildman–Crippen LogP) is 2.48. The summed E-state index contributed by atoms with van der Waals surface area (Å²) < 4.78 is 6.82. The summed E-state index contributed by atoms with van der Waals surface area (Å²) in [5, 5.41) is 6.91. The number of nitrogens with one attached hydrogen (secondary N) is 1.